The van der Waals surface area contributed by atoms with Crippen LogP contribution in [0.1, 0.15) is 6.42 Å². The smallest absolute Gasteiger partial charge is 0.124 e. The van der Waals surface area contributed by atoms with Crippen molar-refractivity contribution in [2.75, 3.05) is 0 Å². The first-order valence-corrected chi connectivity index (χ1v) is 2.56. The van der Waals surface area contributed by atoms with Crippen molar-refractivity contribution in [1.82, 2.24) is 0 Å². The molecule has 1 unspecified atom stereocenters. The van der Waals surface area contributed by atoms with Crippen molar-refractivity contribution in [2.45, 2.75) is 12.6 Å². The molecule has 0 heterocycles. The molecule has 1 aliphatic rings. The molecule has 0 saturated carbocycles. The Morgan fingerprint density at radius 1 is 1.75 bits per heavy atom. The Morgan fingerprint density at radius 3 is 2.88 bits per heavy atom. The van der Waals surface area contributed by atoms with Gasteiger partial charge in [-0.05, 0) is 6.08 Å². The fourth-order valence-corrected chi connectivity index (χ4v) is 0.661. The minimum absolute atomic E-state index is 0.358. The lowest BCUT2D eigenvalue weighted by Gasteiger charge is -2.05. The third kappa shape index (κ3) is 1.09. The summed E-state index contributed by atoms with van der Waals surface area (Å²) >= 11 is 0. The quantitative estimate of drug-likeness (QED) is 0.500. The molecule has 0 aromatic carbocycles. The molecule has 0 amide bonds. The van der Waals surface area contributed by atoms with Gasteiger partial charge in [-0.15, -0.1) is 0 Å². The molecule has 0 spiro atoms. The molecule has 44 valence electrons. The van der Waals surface area contributed by atoms with Crippen LogP contribution in [-0.2, 0) is 0 Å². The highest BCUT2D eigenvalue weighted by atomic mass is 19.1. The number of alkyl halides is 1. The van der Waals surface area contributed by atoms with E-state index in [1.807, 2.05) is 0 Å². The molecule has 8 heavy (non-hydrogen) atoms. The highest BCUT2D eigenvalue weighted by Gasteiger charge is 2.04. The van der Waals surface area contributed by atoms with Crippen LogP contribution in [0.25, 0.3) is 0 Å². The molecule has 0 saturated heterocycles. The number of allylic oxidation sites excluding steroid dienone is 4. The molecule has 1 nitrogen and oxygen atoms in total. The predicted octanol–water partition coefficient (Wildman–Crippen LogP) is 1.13. The van der Waals surface area contributed by atoms with E-state index in [1.165, 1.54) is 6.08 Å². The minimum Gasteiger partial charge on any atom is -0.402 e. The Bertz CT molecular complexity index is 137. The number of halogens is 1. The van der Waals surface area contributed by atoms with Gasteiger partial charge in [-0.1, -0.05) is 12.2 Å². The number of hydrogen-bond acceptors (Lipinski definition) is 1. The van der Waals surface area contributed by atoms with Gasteiger partial charge < -0.3 is 5.73 Å². The summed E-state index contributed by atoms with van der Waals surface area (Å²) in [5, 5.41) is 0. The number of hydrogen-bond donors (Lipinski definition) is 1. The van der Waals surface area contributed by atoms with E-state index in [0.29, 0.717) is 12.1 Å². The average molecular weight is 113 g/mol. The predicted molar refractivity (Wildman–Crippen MR) is 30.9 cm³/mol. The van der Waals surface area contributed by atoms with Crippen LogP contribution in [0, 0.1) is 0 Å². The summed E-state index contributed by atoms with van der Waals surface area (Å²) in [6, 6.07) is 0. The third-order valence-corrected chi connectivity index (χ3v) is 1.06. The third-order valence-electron chi connectivity index (χ3n) is 1.06. The first kappa shape index (κ1) is 5.35. The Kier molecular flexibility index (Phi) is 1.33. The van der Waals surface area contributed by atoms with Gasteiger partial charge in [0.25, 0.3) is 0 Å². The van der Waals surface area contributed by atoms with Crippen LogP contribution in [0.15, 0.2) is 23.9 Å². The normalized spacial score (nSPS) is 27.6. The molecular formula is C6H8FN. The fraction of sp³-hybridized carbons (Fsp3) is 0.333. The van der Waals surface area contributed by atoms with Crippen molar-refractivity contribution in [2.24, 2.45) is 5.73 Å². The largest absolute Gasteiger partial charge is 0.402 e. The summed E-state index contributed by atoms with van der Waals surface area (Å²) in [5.74, 6) is 0. The summed E-state index contributed by atoms with van der Waals surface area (Å²) in [4.78, 5) is 0. The van der Waals surface area contributed by atoms with Gasteiger partial charge in [-0.3, -0.25) is 0 Å². The lowest BCUT2D eigenvalue weighted by atomic mass is 10.1. The molecule has 0 aromatic rings. The number of nitrogens with two attached hydrogens (primary N) is 1. The fourth-order valence-electron chi connectivity index (χ4n) is 0.661. The van der Waals surface area contributed by atoms with Crippen LogP contribution in [0.2, 0.25) is 0 Å². The lowest BCUT2D eigenvalue weighted by Crippen LogP contribution is -2.07. The molecule has 0 radical (unpaired) electrons. The first-order valence-electron chi connectivity index (χ1n) is 2.56. The highest BCUT2D eigenvalue weighted by Crippen LogP contribution is 2.09. The summed E-state index contributed by atoms with van der Waals surface area (Å²) in [5.41, 5.74) is 5.92. The first-order chi connectivity index (χ1) is 3.79. The van der Waals surface area contributed by atoms with Crippen LogP contribution in [0.3, 0.4) is 0 Å². The van der Waals surface area contributed by atoms with E-state index < -0.39 is 6.17 Å². The molecule has 0 fully saturated rings. The van der Waals surface area contributed by atoms with Gasteiger partial charge in [0, 0.05) is 12.1 Å². The molecule has 2 heteroatoms. The molecular weight excluding hydrogens is 105 g/mol. The van der Waals surface area contributed by atoms with Crippen molar-refractivity contribution < 1.29 is 4.39 Å². The van der Waals surface area contributed by atoms with Gasteiger partial charge in [0.05, 0.1) is 0 Å². The molecule has 0 bridgehead atoms. The van der Waals surface area contributed by atoms with Gasteiger partial charge in [0.15, 0.2) is 0 Å². The molecule has 0 aliphatic heterocycles. The summed E-state index contributed by atoms with van der Waals surface area (Å²) in [6.07, 6.45) is 4.35. The standard InChI is InChI=1S/C6H8FN/c7-5-2-1-3-6(8)4-5/h1-3,5H,4,8H2. The molecule has 1 atom stereocenters. The van der Waals surface area contributed by atoms with Gasteiger partial charge in [-0.2, -0.15) is 0 Å². The van der Waals surface area contributed by atoms with Crippen LogP contribution < -0.4 is 5.73 Å². The van der Waals surface area contributed by atoms with Gasteiger partial charge in [0.1, 0.15) is 6.17 Å². The Balaban J connectivity index is 2.59. The number of rotatable bonds is 0. The van der Waals surface area contributed by atoms with Crippen LogP contribution >= 0.6 is 0 Å². The molecule has 2 N–H and O–H groups in total. The zero-order valence-corrected chi connectivity index (χ0v) is 4.47. The van der Waals surface area contributed by atoms with E-state index in [2.05, 4.69) is 0 Å². The summed E-state index contributed by atoms with van der Waals surface area (Å²) in [7, 11) is 0. The van der Waals surface area contributed by atoms with Crippen molar-refractivity contribution >= 4 is 0 Å². The van der Waals surface area contributed by atoms with Crippen molar-refractivity contribution in [3.8, 4) is 0 Å². The van der Waals surface area contributed by atoms with E-state index in [4.69, 9.17) is 5.73 Å². The maximum Gasteiger partial charge on any atom is 0.124 e. The Morgan fingerprint density at radius 2 is 2.50 bits per heavy atom. The van der Waals surface area contributed by atoms with Crippen LogP contribution in [-0.4, -0.2) is 6.17 Å². The SMILES string of the molecule is NC1=CC=CC(F)C1. The minimum atomic E-state index is -0.861. The second kappa shape index (κ2) is 1.99. The van der Waals surface area contributed by atoms with Gasteiger partial charge >= 0.3 is 0 Å². The summed E-state index contributed by atoms with van der Waals surface area (Å²) in [6.45, 7) is 0. The van der Waals surface area contributed by atoms with E-state index in [1.54, 1.807) is 12.2 Å². The van der Waals surface area contributed by atoms with Crippen LogP contribution in [0.5, 0.6) is 0 Å². The van der Waals surface area contributed by atoms with Crippen LogP contribution in [0.4, 0.5) is 4.39 Å². The maximum absolute atomic E-state index is 12.2. The molecule has 1 aliphatic carbocycles. The topological polar surface area (TPSA) is 26.0 Å². The van der Waals surface area contributed by atoms with E-state index >= 15 is 0 Å². The Hall–Kier alpha value is -0.790. The van der Waals surface area contributed by atoms with Gasteiger partial charge in [-0.25, -0.2) is 4.39 Å². The molecule has 0 aromatic heterocycles. The van der Waals surface area contributed by atoms with E-state index in [0.717, 1.165) is 0 Å². The highest BCUT2D eigenvalue weighted by molar-refractivity contribution is 5.17. The summed E-state index contributed by atoms with van der Waals surface area (Å²) < 4.78 is 12.2. The maximum atomic E-state index is 12.2. The van der Waals surface area contributed by atoms with E-state index in [-0.39, 0.29) is 0 Å². The second-order valence-corrected chi connectivity index (χ2v) is 1.85. The average Bonchev–Trinajstić information content (AvgIpc) is 1.64. The second-order valence-electron chi connectivity index (χ2n) is 1.85. The monoisotopic (exact) mass is 113 g/mol. The Labute approximate surface area is 47.7 Å². The van der Waals surface area contributed by atoms with Crippen molar-refractivity contribution in [1.29, 1.82) is 0 Å². The zero-order valence-electron chi connectivity index (χ0n) is 4.47. The van der Waals surface area contributed by atoms with Crippen molar-refractivity contribution in [3.05, 3.63) is 23.9 Å². The molecule has 1 rings (SSSR count). The zero-order chi connectivity index (χ0) is 5.98. The van der Waals surface area contributed by atoms with Crippen molar-refractivity contribution in [3.63, 3.8) is 0 Å². The van der Waals surface area contributed by atoms with E-state index in [9.17, 15) is 4.39 Å². The van der Waals surface area contributed by atoms with Gasteiger partial charge in [0.2, 0.25) is 0 Å². The lowest BCUT2D eigenvalue weighted by molar-refractivity contribution is 0.394.